The van der Waals surface area contributed by atoms with Crippen molar-refractivity contribution in [1.82, 2.24) is 0 Å². The number of ether oxygens (including phenoxy) is 4. The molecule has 6 fully saturated rings. The summed E-state index contributed by atoms with van der Waals surface area (Å²) in [6, 6.07) is 1.91. The molecule has 43 heavy (non-hydrogen) atoms. The molecule has 7 rings (SSSR count). The summed E-state index contributed by atoms with van der Waals surface area (Å²) in [5, 5.41) is 36.1. The summed E-state index contributed by atoms with van der Waals surface area (Å²) >= 11 is 0. The van der Waals surface area contributed by atoms with E-state index in [2.05, 4.69) is 6.92 Å². The first kappa shape index (κ1) is 29.4. The number of hydrogen-bond donors (Lipinski definition) is 3. The van der Waals surface area contributed by atoms with Gasteiger partial charge >= 0.3 is 11.9 Å². The average molecular weight is 603 g/mol. The molecule has 1 aromatic heterocycles. The Kier molecular flexibility index (Phi) is 6.09. The van der Waals surface area contributed by atoms with Crippen LogP contribution in [0.1, 0.15) is 72.3 Å². The number of esters is 2. The molecule has 11 nitrogen and oxygen atoms in total. The minimum absolute atomic E-state index is 0.0305. The molecule has 0 unspecified atom stereocenters. The van der Waals surface area contributed by atoms with Crippen LogP contribution in [0.5, 0.6) is 0 Å². The standard InChI is InChI=1S/C32H42O11/c1-14(2)26(38)42-27-29(5)19-10-20(35)30(6)23(31(19,13-40-27)24(37)22(36)25(29)41-15(3)33)18(34)11-28(4)17(16-7-8-39-12-16)9-21-32(28,30)43-21/h7-8,12,14,17,19-25,27,35-37H,9-11,13H2,1-6H3/t17-,19-,20+,21+,22+,23-,24-,25+,27+,28-,29+,30+,31-,32+/m0/s1. The summed E-state index contributed by atoms with van der Waals surface area (Å²) < 4.78 is 29.8. The van der Waals surface area contributed by atoms with Crippen molar-refractivity contribution in [3.05, 3.63) is 24.2 Å². The number of rotatable bonds is 4. The number of hydrogen-bond acceptors (Lipinski definition) is 11. The fourth-order valence-corrected chi connectivity index (χ4v) is 11.2. The van der Waals surface area contributed by atoms with Crippen LogP contribution in [0, 0.1) is 39.4 Å². The van der Waals surface area contributed by atoms with Crippen LogP contribution < -0.4 is 0 Å². The quantitative estimate of drug-likeness (QED) is 0.341. The Hall–Kier alpha value is -2.31. The Labute approximate surface area is 250 Å². The van der Waals surface area contributed by atoms with Crippen molar-refractivity contribution in [3.63, 3.8) is 0 Å². The van der Waals surface area contributed by atoms with E-state index in [1.54, 1.807) is 33.3 Å². The predicted octanol–water partition coefficient (Wildman–Crippen LogP) is 2.10. The van der Waals surface area contributed by atoms with Gasteiger partial charge in [0.2, 0.25) is 6.29 Å². The maximum atomic E-state index is 14.7. The van der Waals surface area contributed by atoms with Gasteiger partial charge in [-0.2, -0.15) is 0 Å². The molecule has 3 N–H and O–H groups in total. The largest absolute Gasteiger partial charge is 0.472 e. The van der Waals surface area contributed by atoms with Gasteiger partial charge in [-0.1, -0.05) is 27.7 Å². The van der Waals surface area contributed by atoms with Crippen LogP contribution in [0.25, 0.3) is 0 Å². The van der Waals surface area contributed by atoms with E-state index in [1.165, 1.54) is 6.92 Å². The average Bonchev–Trinajstić information content (AvgIpc) is 3.30. The monoisotopic (exact) mass is 602 g/mol. The van der Waals surface area contributed by atoms with Crippen LogP contribution in [0.4, 0.5) is 0 Å². The summed E-state index contributed by atoms with van der Waals surface area (Å²) in [5.74, 6) is -3.59. The third kappa shape index (κ3) is 3.20. The lowest BCUT2D eigenvalue weighted by molar-refractivity contribution is -0.389. The van der Waals surface area contributed by atoms with Crippen LogP contribution in [0.15, 0.2) is 23.0 Å². The minimum Gasteiger partial charge on any atom is -0.472 e. The number of aliphatic hydroxyl groups excluding tert-OH is 3. The zero-order valence-corrected chi connectivity index (χ0v) is 25.4. The fourth-order valence-electron chi connectivity index (χ4n) is 11.2. The molecule has 4 saturated carbocycles. The topological polar surface area (TPSA) is 165 Å². The molecule has 1 spiro atoms. The highest BCUT2D eigenvalue weighted by atomic mass is 16.7. The number of aliphatic hydroxyl groups is 3. The van der Waals surface area contributed by atoms with Gasteiger partial charge in [0.1, 0.15) is 23.6 Å². The van der Waals surface area contributed by atoms with E-state index >= 15 is 0 Å². The highest BCUT2D eigenvalue weighted by Crippen LogP contribution is 2.82. The number of furan rings is 1. The third-order valence-electron chi connectivity index (χ3n) is 12.9. The van der Waals surface area contributed by atoms with E-state index in [1.807, 2.05) is 13.0 Å². The zero-order chi connectivity index (χ0) is 31.1. The molecule has 14 atom stereocenters. The summed E-state index contributed by atoms with van der Waals surface area (Å²) in [5.41, 5.74) is -4.45. The van der Waals surface area contributed by atoms with Crippen molar-refractivity contribution in [2.45, 2.75) is 109 Å². The summed E-state index contributed by atoms with van der Waals surface area (Å²) in [7, 11) is 0. The van der Waals surface area contributed by atoms with Gasteiger partial charge in [0.05, 0.1) is 48.8 Å². The van der Waals surface area contributed by atoms with E-state index in [0.717, 1.165) is 5.56 Å². The Balaban J connectivity index is 1.38. The summed E-state index contributed by atoms with van der Waals surface area (Å²) in [6.45, 7) is 9.99. The first-order valence-electron chi connectivity index (χ1n) is 15.4. The maximum absolute atomic E-state index is 14.7. The molecule has 0 radical (unpaired) electrons. The number of epoxide rings is 1. The lowest BCUT2D eigenvalue weighted by atomic mass is 9.33. The van der Waals surface area contributed by atoms with Crippen LogP contribution in [-0.2, 0) is 33.3 Å². The lowest BCUT2D eigenvalue weighted by Crippen LogP contribution is -2.83. The molecule has 0 aromatic carbocycles. The van der Waals surface area contributed by atoms with Crippen LogP contribution in [-0.4, -0.2) is 82.1 Å². The van der Waals surface area contributed by atoms with Gasteiger partial charge in [0.15, 0.2) is 0 Å². The fraction of sp³-hybridized carbons (Fsp3) is 0.781. The predicted molar refractivity (Wildman–Crippen MR) is 146 cm³/mol. The normalized spacial score (nSPS) is 52.9. The van der Waals surface area contributed by atoms with Gasteiger partial charge < -0.3 is 38.7 Å². The molecule has 2 saturated heterocycles. The second-order valence-corrected chi connectivity index (χ2v) is 14.9. The second kappa shape index (κ2) is 8.90. The maximum Gasteiger partial charge on any atom is 0.310 e. The Morgan fingerprint density at radius 1 is 1.09 bits per heavy atom. The number of ketones is 1. The van der Waals surface area contributed by atoms with E-state index < -0.39 is 87.7 Å². The number of carbonyl (C=O) groups is 3. The highest BCUT2D eigenvalue weighted by molar-refractivity contribution is 5.87. The molecule has 1 aromatic rings. The van der Waals surface area contributed by atoms with Crippen molar-refractivity contribution in [1.29, 1.82) is 0 Å². The van der Waals surface area contributed by atoms with Gasteiger partial charge in [0, 0.05) is 35.5 Å². The summed E-state index contributed by atoms with van der Waals surface area (Å²) in [6.07, 6.45) is -2.80. The smallest absolute Gasteiger partial charge is 0.310 e. The van der Waals surface area contributed by atoms with Gasteiger partial charge in [-0.25, -0.2) is 0 Å². The Morgan fingerprint density at radius 2 is 1.81 bits per heavy atom. The van der Waals surface area contributed by atoms with Gasteiger partial charge in [-0.05, 0) is 43.2 Å². The van der Waals surface area contributed by atoms with Crippen LogP contribution in [0.3, 0.4) is 0 Å². The first-order chi connectivity index (χ1) is 20.1. The van der Waals surface area contributed by atoms with Crippen molar-refractivity contribution in [3.8, 4) is 0 Å². The van der Waals surface area contributed by atoms with E-state index in [9.17, 15) is 29.7 Å². The van der Waals surface area contributed by atoms with Gasteiger partial charge in [-0.3, -0.25) is 14.4 Å². The number of Topliss-reactive ketones (excluding diaryl/α,β-unsaturated/α-hetero) is 1. The highest BCUT2D eigenvalue weighted by Gasteiger charge is 2.90. The van der Waals surface area contributed by atoms with Crippen LogP contribution in [0.2, 0.25) is 0 Å². The SMILES string of the molecule is CC(=O)O[C@@H]1[C@H](O)[C@H](O)[C@@]23CO[C@H](OC(=O)C(C)C)[C@]1(C)[C@@H]2C[C@@H](O)[C@]1(C)[C@@H]3C(=O)C[C@@]2(C)[C@H](c3ccoc3)C[C@H]3O[C@@]312. The minimum atomic E-state index is -1.61. The van der Waals surface area contributed by atoms with Gasteiger partial charge in [0.25, 0.3) is 0 Å². The molecule has 2 bridgehead atoms. The van der Waals surface area contributed by atoms with Crippen molar-refractivity contribution < 1.29 is 53.1 Å². The van der Waals surface area contributed by atoms with E-state index in [-0.39, 0.29) is 37.3 Å². The van der Waals surface area contributed by atoms with Crippen molar-refractivity contribution in [2.75, 3.05) is 6.61 Å². The van der Waals surface area contributed by atoms with Gasteiger partial charge in [-0.15, -0.1) is 0 Å². The molecule has 4 aliphatic carbocycles. The number of fused-ring (bicyclic) bond motifs is 1. The van der Waals surface area contributed by atoms with Crippen LogP contribution >= 0.6 is 0 Å². The first-order valence-corrected chi connectivity index (χ1v) is 15.4. The molecule has 236 valence electrons. The molecule has 2 aliphatic heterocycles. The molecule has 6 aliphatic rings. The van der Waals surface area contributed by atoms with E-state index in [4.69, 9.17) is 23.4 Å². The second-order valence-electron chi connectivity index (χ2n) is 14.9. The third-order valence-corrected chi connectivity index (χ3v) is 12.9. The lowest BCUT2D eigenvalue weighted by Gasteiger charge is -2.73. The number of carbonyl (C=O) groups excluding carboxylic acids is 3. The zero-order valence-electron chi connectivity index (χ0n) is 25.4. The Bertz CT molecular complexity index is 1360. The summed E-state index contributed by atoms with van der Waals surface area (Å²) in [4.78, 5) is 39.8. The molecular formula is C32H42O11. The molecule has 0 amide bonds. The van der Waals surface area contributed by atoms with Crippen molar-refractivity contribution >= 4 is 17.7 Å². The molecular weight excluding hydrogens is 560 g/mol. The van der Waals surface area contributed by atoms with Crippen molar-refractivity contribution in [2.24, 2.45) is 39.4 Å². The molecule has 11 heteroatoms. The Morgan fingerprint density at radius 3 is 2.44 bits per heavy atom. The van der Waals surface area contributed by atoms with E-state index in [0.29, 0.717) is 6.42 Å². The molecule has 3 heterocycles.